The van der Waals surface area contributed by atoms with Crippen molar-refractivity contribution in [1.82, 2.24) is 0 Å². The third-order valence-electron chi connectivity index (χ3n) is 3.58. The lowest BCUT2D eigenvalue weighted by Gasteiger charge is -2.08. The van der Waals surface area contributed by atoms with Gasteiger partial charge in [0, 0.05) is 17.1 Å². The molecule has 0 heterocycles. The van der Waals surface area contributed by atoms with E-state index >= 15 is 0 Å². The predicted molar refractivity (Wildman–Crippen MR) is 98.1 cm³/mol. The van der Waals surface area contributed by atoms with Crippen LogP contribution in [0.1, 0.15) is 10.4 Å². The molecule has 3 aromatic carbocycles. The molecule has 5 N–H and O–H groups in total. The number of anilines is 3. The van der Waals surface area contributed by atoms with Crippen LogP contribution in [-0.4, -0.2) is 18.5 Å². The molecule has 3 aromatic rings. The number of benzene rings is 3. The Hall–Kier alpha value is -3.54. The molecule has 6 heteroatoms. The van der Waals surface area contributed by atoms with Crippen LogP contribution in [0, 0.1) is 0 Å². The molecule has 3 rings (SSSR count). The first-order chi connectivity index (χ1) is 12.0. The van der Waals surface area contributed by atoms with Crippen molar-refractivity contribution in [2.24, 2.45) is 0 Å². The number of ether oxygens (including phenoxy) is 1. The highest BCUT2D eigenvalue weighted by Gasteiger charge is 2.12. The van der Waals surface area contributed by atoms with Crippen molar-refractivity contribution in [3.63, 3.8) is 0 Å². The van der Waals surface area contributed by atoms with E-state index in [2.05, 4.69) is 5.32 Å². The van der Waals surface area contributed by atoms with E-state index in [9.17, 15) is 9.59 Å². The van der Waals surface area contributed by atoms with Crippen LogP contribution in [0.2, 0.25) is 0 Å². The Balaban J connectivity index is 1.61. The van der Waals surface area contributed by atoms with Crippen LogP contribution in [0.3, 0.4) is 0 Å². The highest BCUT2D eigenvalue weighted by molar-refractivity contribution is 5.97. The third kappa shape index (κ3) is 4.06. The normalized spacial score (nSPS) is 10.4. The predicted octanol–water partition coefficient (Wildman–Crippen LogP) is 2.80. The van der Waals surface area contributed by atoms with Gasteiger partial charge in [-0.05, 0) is 41.1 Å². The zero-order valence-corrected chi connectivity index (χ0v) is 13.4. The molecule has 0 saturated heterocycles. The smallest absolute Gasteiger partial charge is 0.338 e. The molecule has 6 nitrogen and oxygen atoms in total. The second kappa shape index (κ2) is 6.92. The number of carbonyl (C=O) groups excluding carboxylic acids is 2. The molecule has 25 heavy (non-hydrogen) atoms. The van der Waals surface area contributed by atoms with Gasteiger partial charge in [0.25, 0.3) is 5.91 Å². The summed E-state index contributed by atoms with van der Waals surface area (Å²) >= 11 is 0. The summed E-state index contributed by atoms with van der Waals surface area (Å²) in [4.78, 5) is 23.9. The molecule has 0 fully saturated rings. The fourth-order valence-electron chi connectivity index (χ4n) is 2.47. The van der Waals surface area contributed by atoms with Crippen LogP contribution in [0.4, 0.5) is 17.1 Å². The Morgan fingerprint density at radius 2 is 1.56 bits per heavy atom. The van der Waals surface area contributed by atoms with E-state index in [1.54, 1.807) is 6.07 Å². The second-order valence-corrected chi connectivity index (χ2v) is 5.57. The molecule has 0 saturated carbocycles. The van der Waals surface area contributed by atoms with E-state index in [1.165, 1.54) is 18.2 Å². The van der Waals surface area contributed by atoms with E-state index in [-0.39, 0.29) is 5.56 Å². The van der Waals surface area contributed by atoms with Crippen LogP contribution in [0.25, 0.3) is 10.8 Å². The largest absolute Gasteiger partial charge is 0.452 e. The number of rotatable bonds is 4. The van der Waals surface area contributed by atoms with E-state index in [1.807, 2.05) is 36.4 Å². The number of carbonyl (C=O) groups is 2. The van der Waals surface area contributed by atoms with Gasteiger partial charge in [-0.25, -0.2) is 4.79 Å². The second-order valence-electron chi connectivity index (χ2n) is 5.57. The number of nitrogens with one attached hydrogen (secondary N) is 1. The van der Waals surface area contributed by atoms with Crippen LogP contribution >= 0.6 is 0 Å². The van der Waals surface area contributed by atoms with Gasteiger partial charge >= 0.3 is 5.97 Å². The Morgan fingerprint density at radius 1 is 0.880 bits per heavy atom. The summed E-state index contributed by atoms with van der Waals surface area (Å²) in [5.41, 5.74) is 12.8. The maximum Gasteiger partial charge on any atom is 0.338 e. The number of fused-ring (bicyclic) bond motifs is 1. The summed E-state index contributed by atoms with van der Waals surface area (Å²) in [5.74, 6) is -1.09. The third-order valence-corrected chi connectivity index (χ3v) is 3.58. The first-order valence-electron chi connectivity index (χ1n) is 7.63. The molecule has 0 aliphatic carbocycles. The lowest BCUT2D eigenvalue weighted by atomic mass is 10.1. The summed E-state index contributed by atoms with van der Waals surface area (Å²) < 4.78 is 5.00. The molecule has 126 valence electrons. The summed E-state index contributed by atoms with van der Waals surface area (Å²) in [6.45, 7) is -0.402. The molecule has 0 unspecified atom stereocenters. The van der Waals surface area contributed by atoms with Crippen molar-refractivity contribution in [1.29, 1.82) is 0 Å². The minimum atomic E-state index is -0.660. The van der Waals surface area contributed by atoms with E-state index in [0.29, 0.717) is 17.1 Å². The van der Waals surface area contributed by atoms with Gasteiger partial charge in [-0.1, -0.05) is 30.3 Å². The number of amides is 1. The van der Waals surface area contributed by atoms with Gasteiger partial charge in [0.2, 0.25) is 0 Å². The number of hydrogen-bond acceptors (Lipinski definition) is 5. The summed E-state index contributed by atoms with van der Waals surface area (Å²) in [6, 6.07) is 17.8. The van der Waals surface area contributed by atoms with Crippen molar-refractivity contribution >= 4 is 39.7 Å². The number of nitrogen functional groups attached to an aromatic ring is 2. The molecule has 0 bridgehead atoms. The van der Waals surface area contributed by atoms with Gasteiger partial charge in [-0.3, -0.25) is 4.79 Å². The minimum Gasteiger partial charge on any atom is -0.452 e. The van der Waals surface area contributed by atoms with Crippen molar-refractivity contribution in [2.75, 3.05) is 23.4 Å². The van der Waals surface area contributed by atoms with Gasteiger partial charge in [0.15, 0.2) is 6.61 Å². The lowest BCUT2D eigenvalue weighted by Crippen LogP contribution is -2.21. The fourth-order valence-corrected chi connectivity index (χ4v) is 2.47. The van der Waals surface area contributed by atoms with Crippen LogP contribution < -0.4 is 16.8 Å². The first kappa shape index (κ1) is 16.3. The standard InChI is InChI=1S/C19H17N3O3/c20-15-7-14(8-16(21)10-15)19(24)25-11-18(23)22-17-6-5-12-3-1-2-4-13(12)9-17/h1-10H,11,20-21H2,(H,22,23). The van der Waals surface area contributed by atoms with Gasteiger partial charge in [0.1, 0.15) is 0 Å². The van der Waals surface area contributed by atoms with Crippen molar-refractivity contribution in [2.45, 2.75) is 0 Å². The number of nitrogens with two attached hydrogens (primary N) is 2. The molecule has 0 radical (unpaired) electrons. The van der Waals surface area contributed by atoms with Crippen molar-refractivity contribution in [3.05, 3.63) is 66.2 Å². The minimum absolute atomic E-state index is 0.205. The lowest BCUT2D eigenvalue weighted by molar-refractivity contribution is -0.119. The fraction of sp³-hybridized carbons (Fsp3) is 0.0526. The monoisotopic (exact) mass is 335 g/mol. The van der Waals surface area contributed by atoms with Gasteiger partial charge in [-0.15, -0.1) is 0 Å². The maximum atomic E-state index is 12.0. The van der Waals surface area contributed by atoms with Gasteiger partial charge in [-0.2, -0.15) is 0 Å². The molecule has 0 aliphatic heterocycles. The maximum absolute atomic E-state index is 12.0. The zero-order chi connectivity index (χ0) is 17.8. The SMILES string of the molecule is Nc1cc(N)cc(C(=O)OCC(=O)Nc2ccc3ccccc3c2)c1. The van der Waals surface area contributed by atoms with Gasteiger partial charge < -0.3 is 21.5 Å². The molecule has 0 spiro atoms. The molecule has 1 amide bonds. The first-order valence-corrected chi connectivity index (χ1v) is 7.63. The van der Waals surface area contributed by atoms with Crippen LogP contribution in [0.5, 0.6) is 0 Å². The van der Waals surface area contributed by atoms with E-state index in [0.717, 1.165) is 10.8 Å². The topological polar surface area (TPSA) is 107 Å². The average molecular weight is 335 g/mol. The molecule has 0 aliphatic rings. The van der Waals surface area contributed by atoms with Crippen LogP contribution in [-0.2, 0) is 9.53 Å². The van der Waals surface area contributed by atoms with E-state index in [4.69, 9.17) is 16.2 Å². The van der Waals surface area contributed by atoms with E-state index < -0.39 is 18.5 Å². The Bertz CT molecular complexity index is 933. The summed E-state index contributed by atoms with van der Waals surface area (Å²) in [7, 11) is 0. The molecule has 0 aromatic heterocycles. The highest BCUT2D eigenvalue weighted by atomic mass is 16.5. The van der Waals surface area contributed by atoms with Crippen molar-refractivity contribution in [3.8, 4) is 0 Å². The summed E-state index contributed by atoms with van der Waals surface area (Å²) in [6.07, 6.45) is 0. The quantitative estimate of drug-likeness (QED) is 0.502. The average Bonchev–Trinajstić information content (AvgIpc) is 2.58. The molecular weight excluding hydrogens is 318 g/mol. The number of esters is 1. The highest BCUT2D eigenvalue weighted by Crippen LogP contribution is 2.19. The summed E-state index contributed by atoms with van der Waals surface area (Å²) in [5, 5.41) is 4.78. The van der Waals surface area contributed by atoms with Crippen molar-refractivity contribution < 1.29 is 14.3 Å². The zero-order valence-electron chi connectivity index (χ0n) is 13.4. The molecule has 0 atom stereocenters. The Labute approximate surface area is 144 Å². The van der Waals surface area contributed by atoms with Crippen LogP contribution in [0.15, 0.2) is 60.7 Å². The Morgan fingerprint density at radius 3 is 2.28 bits per heavy atom. The molecular formula is C19H17N3O3. The Kier molecular flexibility index (Phi) is 4.52. The number of hydrogen-bond donors (Lipinski definition) is 3. The van der Waals surface area contributed by atoms with Gasteiger partial charge in [0.05, 0.1) is 5.56 Å².